The Balaban J connectivity index is 3.18. The molecule has 0 spiro atoms. The van der Waals surface area contributed by atoms with Crippen LogP contribution in [0.4, 0.5) is 14.5 Å². The molecule has 3 N–H and O–H groups in total. The summed E-state index contributed by atoms with van der Waals surface area (Å²) >= 11 is 0. The van der Waals surface area contributed by atoms with E-state index in [0.29, 0.717) is 11.1 Å². The van der Waals surface area contributed by atoms with Crippen molar-refractivity contribution in [1.82, 2.24) is 4.72 Å². The lowest BCUT2D eigenvalue weighted by atomic mass is 10.1. The van der Waals surface area contributed by atoms with Crippen molar-refractivity contribution in [2.24, 2.45) is 5.73 Å². The van der Waals surface area contributed by atoms with Crippen LogP contribution in [0.15, 0.2) is 17.0 Å². The molecule has 10 heteroatoms. The average Bonchev–Trinajstić information content (AvgIpc) is 2.39. The summed E-state index contributed by atoms with van der Waals surface area (Å²) in [6.07, 6.45) is 0. The zero-order valence-corrected chi connectivity index (χ0v) is 12.2. The van der Waals surface area contributed by atoms with Crippen molar-refractivity contribution in [3.63, 3.8) is 0 Å². The van der Waals surface area contributed by atoms with Crippen molar-refractivity contribution in [2.75, 3.05) is 13.1 Å². The average molecular weight is 323 g/mol. The van der Waals surface area contributed by atoms with E-state index in [1.165, 1.54) is 19.9 Å². The second-order valence-electron chi connectivity index (χ2n) is 4.53. The number of hydrogen-bond donors (Lipinski definition) is 2. The largest absolute Gasteiger partial charge is 0.325 e. The lowest BCUT2D eigenvalue weighted by Crippen LogP contribution is -2.41. The zero-order chi connectivity index (χ0) is 16.4. The number of nitrogens with one attached hydrogen (secondary N) is 1. The fourth-order valence-electron chi connectivity index (χ4n) is 1.51. The van der Waals surface area contributed by atoms with Gasteiger partial charge in [0.25, 0.3) is 11.6 Å². The molecule has 1 aromatic carbocycles. The number of rotatable bonds is 6. The molecule has 0 aliphatic carbocycles. The Morgan fingerprint density at radius 3 is 2.43 bits per heavy atom. The molecule has 0 saturated heterocycles. The topological polar surface area (TPSA) is 115 Å². The highest BCUT2D eigenvalue weighted by Gasteiger charge is 2.30. The molecule has 0 radical (unpaired) electrons. The Hall–Kier alpha value is -1.65. The van der Waals surface area contributed by atoms with Crippen LogP contribution in [0, 0.1) is 24.0 Å². The molecule has 21 heavy (non-hydrogen) atoms. The molecular formula is C11H15F2N3O4S. The van der Waals surface area contributed by atoms with E-state index in [4.69, 9.17) is 5.73 Å². The van der Waals surface area contributed by atoms with E-state index in [0.717, 1.165) is 6.07 Å². The lowest BCUT2D eigenvalue weighted by molar-refractivity contribution is -0.385. The summed E-state index contributed by atoms with van der Waals surface area (Å²) in [5.74, 6) is -3.39. The summed E-state index contributed by atoms with van der Waals surface area (Å²) in [4.78, 5) is 9.70. The molecule has 0 bridgehead atoms. The van der Waals surface area contributed by atoms with E-state index in [1.54, 1.807) is 4.72 Å². The van der Waals surface area contributed by atoms with E-state index in [9.17, 15) is 27.3 Å². The maximum absolute atomic E-state index is 13.0. The Morgan fingerprint density at radius 1 is 1.38 bits per heavy atom. The highest BCUT2D eigenvalue weighted by Crippen LogP contribution is 2.26. The monoisotopic (exact) mass is 323 g/mol. The molecule has 0 aromatic heterocycles. The first-order chi connectivity index (χ1) is 9.50. The van der Waals surface area contributed by atoms with Gasteiger partial charge in [0.1, 0.15) is 0 Å². The number of alkyl halides is 2. The first-order valence-corrected chi connectivity index (χ1v) is 7.32. The standard InChI is InChI=1S/C11H15F2N3O4S/c1-7-3-9(4-10(8(7)2)16(17)18)21(19,20)15-6-11(12,13)5-14/h3-4,15H,5-6,14H2,1-2H3. The van der Waals surface area contributed by atoms with E-state index in [-0.39, 0.29) is 5.69 Å². The fourth-order valence-corrected chi connectivity index (χ4v) is 2.68. The molecule has 0 aliphatic heterocycles. The smallest absolute Gasteiger partial charge is 0.273 e. The molecule has 0 unspecified atom stereocenters. The quantitative estimate of drug-likeness (QED) is 0.600. The molecule has 0 aliphatic rings. The summed E-state index contributed by atoms with van der Waals surface area (Å²) < 4.78 is 51.5. The minimum atomic E-state index is -4.29. The number of nitro benzene ring substituents is 1. The number of hydrogen-bond acceptors (Lipinski definition) is 5. The SMILES string of the molecule is Cc1cc(S(=O)(=O)NCC(F)(F)CN)cc([N+](=O)[O-])c1C. The molecular weight excluding hydrogens is 308 g/mol. The van der Waals surface area contributed by atoms with Gasteiger partial charge in [-0.1, -0.05) is 0 Å². The molecule has 1 aromatic rings. The van der Waals surface area contributed by atoms with Crippen LogP contribution in [-0.2, 0) is 10.0 Å². The summed E-state index contributed by atoms with van der Waals surface area (Å²) in [6.45, 7) is 0.783. The van der Waals surface area contributed by atoms with Gasteiger partial charge >= 0.3 is 0 Å². The maximum Gasteiger partial charge on any atom is 0.273 e. The second kappa shape index (κ2) is 6.00. The molecule has 0 atom stereocenters. The number of sulfonamides is 1. The van der Waals surface area contributed by atoms with E-state index in [2.05, 4.69) is 0 Å². The molecule has 0 saturated carbocycles. The third-order valence-corrected chi connectivity index (χ3v) is 4.32. The Bertz CT molecular complexity index is 662. The minimum absolute atomic E-state index is 0.311. The van der Waals surface area contributed by atoms with Crippen LogP contribution in [0.1, 0.15) is 11.1 Å². The second-order valence-corrected chi connectivity index (χ2v) is 6.29. The van der Waals surface area contributed by atoms with Crippen molar-refractivity contribution >= 4 is 15.7 Å². The van der Waals surface area contributed by atoms with Gasteiger partial charge in [-0.3, -0.25) is 10.1 Å². The number of nitro groups is 1. The van der Waals surface area contributed by atoms with Gasteiger partial charge in [0, 0.05) is 11.6 Å². The molecule has 0 heterocycles. The van der Waals surface area contributed by atoms with Crippen LogP contribution in [0.3, 0.4) is 0 Å². The van der Waals surface area contributed by atoms with Gasteiger partial charge in [0.05, 0.1) is 22.9 Å². The molecule has 1 rings (SSSR count). The number of nitrogens with two attached hydrogens (primary N) is 1. The third-order valence-electron chi connectivity index (χ3n) is 2.94. The first-order valence-electron chi connectivity index (χ1n) is 5.83. The Kier molecular flexibility index (Phi) is 4.97. The van der Waals surface area contributed by atoms with Gasteiger partial charge < -0.3 is 5.73 Å². The highest BCUT2D eigenvalue weighted by molar-refractivity contribution is 7.89. The predicted molar refractivity (Wildman–Crippen MR) is 71.8 cm³/mol. The van der Waals surface area contributed by atoms with Crippen molar-refractivity contribution in [3.05, 3.63) is 33.4 Å². The van der Waals surface area contributed by atoms with Crippen LogP contribution < -0.4 is 10.5 Å². The van der Waals surface area contributed by atoms with Gasteiger partial charge in [-0.05, 0) is 25.5 Å². The van der Waals surface area contributed by atoms with Crippen LogP contribution in [0.25, 0.3) is 0 Å². The van der Waals surface area contributed by atoms with Gasteiger partial charge in [-0.25, -0.2) is 21.9 Å². The van der Waals surface area contributed by atoms with Gasteiger partial charge in [-0.15, -0.1) is 0 Å². The molecule has 118 valence electrons. The van der Waals surface area contributed by atoms with E-state index < -0.39 is 38.9 Å². The molecule has 7 nitrogen and oxygen atoms in total. The normalized spacial score (nSPS) is 12.4. The minimum Gasteiger partial charge on any atom is -0.325 e. The van der Waals surface area contributed by atoms with E-state index >= 15 is 0 Å². The number of benzene rings is 1. The van der Waals surface area contributed by atoms with Gasteiger partial charge in [-0.2, -0.15) is 0 Å². The van der Waals surface area contributed by atoms with Crippen LogP contribution in [0.5, 0.6) is 0 Å². The van der Waals surface area contributed by atoms with Crippen molar-refractivity contribution < 1.29 is 22.1 Å². The predicted octanol–water partition coefficient (Wildman–Crippen LogP) is 1.08. The number of halogens is 2. The van der Waals surface area contributed by atoms with Crippen LogP contribution >= 0.6 is 0 Å². The lowest BCUT2D eigenvalue weighted by Gasteiger charge is -2.15. The Labute approximate surface area is 120 Å². The first kappa shape index (κ1) is 17.4. The Morgan fingerprint density at radius 2 is 1.95 bits per heavy atom. The van der Waals surface area contributed by atoms with Crippen LogP contribution in [-0.4, -0.2) is 32.4 Å². The number of aryl methyl sites for hydroxylation is 1. The van der Waals surface area contributed by atoms with Crippen molar-refractivity contribution in [2.45, 2.75) is 24.7 Å². The third kappa shape index (κ3) is 4.16. The number of nitrogens with zero attached hydrogens (tertiary/aromatic N) is 1. The molecule has 0 fully saturated rings. The van der Waals surface area contributed by atoms with Gasteiger partial charge in [0.15, 0.2) is 0 Å². The maximum atomic E-state index is 13.0. The molecule has 0 amide bonds. The van der Waals surface area contributed by atoms with Crippen molar-refractivity contribution in [1.29, 1.82) is 0 Å². The summed E-state index contributed by atoms with van der Waals surface area (Å²) in [6, 6.07) is 2.02. The van der Waals surface area contributed by atoms with Crippen molar-refractivity contribution in [3.8, 4) is 0 Å². The summed E-state index contributed by atoms with van der Waals surface area (Å²) in [7, 11) is -4.29. The summed E-state index contributed by atoms with van der Waals surface area (Å²) in [5.41, 5.74) is 5.10. The summed E-state index contributed by atoms with van der Waals surface area (Å²) in [5, 5.41) is 10.9. The zero-order valence-electron chi connectivity index (χ0n) is 11.4. The van der Waals surface area contributed by atoms with Crippen LogP contribution in [0.2, 0.25) is 0 Å². The van der Waals surface area contributed by atoms with E-state index in [1.807, 2.05) is 0 Å². The fraction of sp³-hybridized carbons (Fsp3) is 0.455. The highest BCUT2D eigenvalue weighted by atomic mass is 32.2. The van der Waals surface area contributed by atoms with Gasteiger partial charge in [0.2, 0.25) is 10.0 Å².